The van der Waals surface area contributed by atoms with E-state index in [9.17, 15) is 14.4 Å². The summed E-state index contributed by atoms with van der Waals surface area (Å²) in [7, 11) is -1.44. The quantitative estimate of drug-likeness (QED) is 0.0772. The predicted octanol–water partition coefficient (Wildman–Crippen LogP) is 5.70. The molecule has 0 unspecified atom stereocenters. The minimum Gasteiger partial charge on any atom is -1.00 e. The Bertz CT molecular complexity index is 1480. The second-order valence-corrected chi connectivity index (χ2v) is 19.5. The van der Waals surface area contributed by atoms with Gasteiger partial charge in [-0.15, -0.1) is 23.1 Å². The highest BCUT2D eigenvalue weighted by Crippen LogP contribution is 2.63. The number of carbonyl (C=O) groups is 3. The summed E-state index contributed by atoms with van der Waals surface area (Å²) in [4.78, 5) is 44.2. The maximum atomic E-state index is 14.6. The van der Waals surface area contributed by atoms with Crippen molar-refractivity contribution in [2.24, 2.45) is 0 Å². The molecule has 0 aliphatic carbocycles. The van der Waals surface area contributed by atoms with Crippen molar-refractivity contribution >= 4 is 48.1 Å². The minimum atomic E-state index is -1.44. The van der Waals surface area contributed by atoms with Gasteiger partial charge >= 0.3 is 5.97 Å². The van der Waals surface area contributed by atoms with E-state index >= 15 is 0 Å². The molecule has 3 heterocycles. The number of hydrogen-bond donors (Lipinski definition) is 1. The van der Waals surface area contributed by atoms with E-state index in [1.165, 1.54) is 49.1 Å². The summed E-state index contributed by atoms with van der Waals surface area (Å²) in [5, 5.41) is 4.60. The lowest BCUT2D eigenvalue weighted by atomic mass is 10.0. The molecule has 10 heteroatoms. The SMILES string of the molecule is CCCC[P+](CCCC)(CCCC)CC1=C(C(=O)OC(c2ccccc2)c2ccccc2)N2C(=O)[C@@H](NC(=O)Cc3cccs3)[C@@H]2SC1.[I-]. The van der Waals surface area contributed by atoms with Crippen LogP contribution in [0.25, 0.3) is 0 Å². The molecule has 2 aliphatic heterocycles. The van der Waals surface area contributed by atoms with E-state index in [0.29, 0.717) is 11.4 Å². The molecule has 0 bridgehead atoms. The molecular weight excluding hydrogens is 782 g/mol. The lowest BCUT2D eigenvalue weighted by molar-refractivity contribution is -0.154. The van der Waals surface area contributed by atoms with Crippen molar-refractivity contribution in [3.05, 3.63) is 105 Å². The molecule has 2 amide bonds. The zero-order valence-electron chi connectivity index (χ0n) is 28.9. The van der Waals surface area contributed by atoms with E-state index in [4.69, 9.17) is 4.74 Å². The van der Waals surface area contributed by atoms with Crippen molar-refractivity contribution in [1.29, 1.82) is 0 Å². The van der Waals surface area contributed by atoms with Gasteiger partial charge in [0, 0.05) is 23.5 Å². The first kappa shape index (κ1) is 39.6. The number of rotatable bonds is 18. The third-order valence-corrected chi connectivity index (χ3v) is 16.4. The first-order chi connectivity index (χ1) is 23.4. The molecule has 1 aromatic heterocycles. The average molecular weight is 833 g/mol. The van der Waals surface area contributed by atoms with Crippen molar-refractivity contribution in [2.45, 2.75) is 83.2 Å². The fourth-order valence-corrected chi connectivity index (χ4v) is 14.2. The Hall–Kier alpha value is -2.20. The molecule has 1 fully saturated rings. The van der Waals surface area contributed by atoms with Crippen LogP contribution in [0, 0.1) is 0 Å². The third-order valence-electron chi connectivity index (χ3n) is 9.39. The topological polar surface area (TPSA) is 75.7 Å². The van der Waals surface area contributed by atoms with Crippen LogP contribution in [0.3, 0.4) is 0 Å². The van der Waals surface area contributed by atoms with E-state index in [2.05, 4.69) is 26.1 Å². The number of benzene rings is 2. The number of ether oxygens (including phenoxy) is 1. The third kappa shape index (κ3) is 9.99. The number of halogens is 1. The molecule has 6 nitrogen and oxygen atoms in total. The van der Waals surface area contributed by atoms with Crippen molar-refractivity contribution < 1.29 is 43.1 Å². The van der Waals surface area contributed by atoms with Gasteiger partial charge in [0.1, 0.15) is 17.1 Å². The van der Waals surface area contributed by atoms with Gasteiger partial charge in [0.25, 0.3) is 5.91 Å². The number of β-lactam (4-membered cyclic amide) rings is 1. The molecule has 0 radical (unpaired) electrons. The van der Waals surface area contributed by atoms with Crippen LogP contribution in [0.4, 0.5) is 0 Å². The minimum absolute atomic E-state index is 0. The van der Waals surface area contributed by atoms with Crippen LogP contribution in [-0.4, -0.2) is 64.5 Å². The fraction of sp³-hybridized carbons (Fsp3) is 0.462. The average Bonchev–Trinajstić information content (AvgIpc) is 3.63. The van der Waals surface area contributed by atoms with Crippen LogP contribution in [0.15, 0.2) is 89.4 Å². The Kier molecular flexibility index (Phi) is 15.7. The second kappa shape index (κ2) is 19.4. The Morgan fingerprint density at radius 1 is 0.878 bits per heavy atom. The summed E-state index contributed by atoms with van der Waals surface area (Å²) < 4.78 is 6.46. The number of thioether (sulfide) groups is 1. The van der Waals surface area contributed by atoms with Gasteiger partial charge in [-0.2, -0.15) is 0 Å². The van der Waals surface area contributed by atoms with Gasteiger partial charge in [0.05, 0.1) is 31.1 Å². The molecule has 2 aliphatic rings. The van der Waals surface area contributed by atoms with Gasteiger partial charge in [0.2, 0.25) is 5.91 Å². The van der Waals surface area contributed by atoms with Gasteiger partial charge in [0.15, 0.2) is 6.10 Å². The number of unbranched alkanes of at least 4 members (excludes halogenated alkanes) is 3. The first-order valence-electron chi connectivity index (χ1n) is 17.5. The summed E-state index contributed by atoms with van der Waals surface area (Å²) in [5.41, 5.74) is 3.23. The van der Waals surface area contributed by atoms with Gasteiger partial charge in [-0.3, -0.25) is 14.5 Å². The molecular formula is C39H50IN2O4PS2. The van der Waals surface area contributed by atoms with Gasteiger partial charge < -0.3 is 34.0 Å². The monoisotopic (exact) mass is 832 g/mol. The zero-order chi connectivity index (χ0) is 33.9. The summed E-state index contributed by atoms with van der Waals surface area (Å²) in [6.07, 6.45) is 11.2. The zero-order valence-corrected chi connectivity index (χ0v) is 33.6. The van der Waals surface area contributed by atoms with Gasteiger partial charge in [-0.1, -0.05) is 107 Å². The summed E-state index contributed by atoms with van der Waals surface area (Å²) in [6.45, 7) is 6.78. The molecule has 1 N–H and O–H groups in total. The van der Waals surface area contributed by atoms with E-state index in [1.54, 1.807) is 16.7 Å². The standard InChI is InChI=1S/C39H49N2O4PS2.HI/c1-4-7-22-46(23-8-5-2,24-9-6-3)27-31-28-48-38-34(40-33(42)26-32-21-16-25-47-32)37(43)41(38)35(31)39(44)45-36(29-17-12-10-13-18-29)30-19-14-11-15-20-30;/h10-21,25,34,36,38H,4-9,22-24,26-28H2,1-3H3;1H/t34-,38+;/m1./s1. The molecule has 0 saturated carbocycles. The number of hydrogen-bond acceptors (Lipinski definition) is 6. The molecule has 3 aromatic rings. The van der Waals surface area contributed by atoms with Crippen molar-refractivity contribution in [1.82, 2.24) is 10.2 Å². The summed E-state index contributed by atoms with van der Waals surface area (Å²) in [5.74, 6) is -0.202. The van der Waals surface area contributed by atoms with E-state index < -0.39 is 25.4 Å². The molecule has 2 aromatic carbocycles. The van der Waals surface area contributed by atoms with Crippen LogP contribution >= 0.6 is 30.4 Å². The number of nitrogens with zero attached hydrogens (tertiary/aromatic N) is 1. The van der Waals surface area contributed by atoms with Crippen molar-refractivity contribution in [3.63, 3.8) is 0 Å². The number of esters is 1. The van der Waals surface area contributed by atoms with E-state index in [0.717, 1.165) is 47.0 Å². The number of thiophene rings is 1. The fourth-order valence-electron chi connectivity index (χ4n) is 6.79. The van der Waals surface area contributed by atoms with E-state index in [1.807, 2.05) is 78.2 Å². The first-order valence-corrected chi connectivity index (χ1v) is 22.0. The van der Waals surface area contributed by atoms with Gasteiger partial charge in [-0.05, 0) is 41.8 Å². The predicted molar refractivity (Wildman–Crippen MR) is 202 cm³/mol. The summed E-state index contributed by atoms with van der Waals surface area (Å²) in [6, 6.07) is 22.8. The molecule has 49 heavy (non-hydrogen) atoms. The number of nitrogens with one attached hydrogen (secondary N) is 1. The molecule has 2 atom stereocenters. The number of carbonyl (C=O) groups excluding carboxylic acids is 3. The Morgan fingerprint density at radius 2 is 1.45 bits per heavy atom. The van der Waals surface area contributed by atoms with Crippen LogP contribution in [0.1, 0.15) is 81.4 Å². The molecule has 1 saturated heterocycles. The largest absolute Gasteiger partial charge is 1.00 e. The lowest BCUT2D eigenvalue weighted by Gasteiger charge is -2.50. The van der Waals surface area contributed by atoms with Crippen LogP contribution in [0.2, 0.25) is 0 Å². The van der Waals surface area contributed by atoms with Crippen LogP contribution < -0.4 is 29.3 Å². The molecule has 0 spiro atoms. The maximum Gasteiger partial charge on any atom is 0.356 e. The van der Waals surface area contributed by atoms with Crippen molar-refractivity contribution in [2.75, 3.05) is 30.4 Å². The Balaban J connectivity index is 0.00000541. The molecule has 264 valence electrons. The Morgan fingerprint density at radius 3 is 1.96 bits per heavy atom. The highest BCUT2D eigenvalue weighted by molar-refractivity contribution is 8.00. The normalized spacial score (nSPS) is 17.3. The maximum absolute atomic E-state index is 14.6. The van der Waals surface area contributed by atoms with Crippen LogP contribution in [-0.2, 0) is 25.5 Å². The highest BCUT2D eigenvalue weighted by atomic mass is 127. The van der Waals surface area contributed by atoms with E-state index in [-0.39, 0.29) is 47.6 Å². The Labute approximate surface area is 318 Å². The summed E-state index contributed by atoms with van der Waals surface area (Å²) >= 11 is 3.20. The van der Waals surface area contributed by atoms with Crippen molar-refractivity contribution in [3.8, 4) is 0 Å². The van der Waals surface area contributed by atoms with Gasteiger partial charge in [-0.25, -0.2) is 4.79 Å². The van der Waals surface area contributed by atoms with Crippen LogP contribution in [0.5, 0.6) is 0 Å². The highest BCUT2D eigenvalue weighted by Gasteiger charge is 2.55. The molecule has 5 rings (SSSR count). The lowest BCUT2D eigenvalue weighted by Crippen LogP contribution is -3.00. The number of amides is 2. The second-order valence-electron chi connectivity index (χ2n) is 13.0. The smallest absolute Gasteiger partial charge is 0.356 e. The number of fused-ring (bicyclic) bond motifs is 1.